The van der Waals surface area contributed by atoms with Crippen LogP contribution in [-0.2, 0) is 4.79 Å². The lowest BCUT2D eigenvalue weighted by Crippen LogP contribution is -2.62. The predicted octanol–water partition coefficient (Wildman–Crippen LogP) is 2.13. The maximum Gasteiger partial charge on any atom is 0.238 e. The van der Waals surface area contributed by atoms with Crippen LogP contribution >= 0.6 is 0 Å². The van der Waals surface area contributed by atoms with E-state index in [1.807, 2.05) is 6.92 Å². The molecule has 4 heteroatoms. The van der Waals surface area contributed by atoms with E-state index in [1.165, 1.54) is 25.7 Å². The summed E-state index contributed by atoms with van der Waals surface area (Å²) in [7, 11) is 0. The zero-order chi connectivity index (χ0) is 15.3. The number of hydrogen-bond donors (Lipinski definition) is 2. The molecule has 0 radical (unpaired) electrons. The van der Waals surface area contributed by atoms with Gasteiger partial charge in [-0.1, -0.05) is 26.7 Å². The van der Waals surface area contributed by atoms with Gasteiger partial charge in [0.05, 0.1) is 0 Å². The number of nitrogens with two attached hydrogens (primary N) is 1. The Morgan fingerprint density at radius 2 is 1.85 bits per heavy atom. The second kappa shape index (κ2) is 7.41. The van der Waals surface area contributed by atoms with E-state index >= 15 is 0 Å². The van der Waals surface area contributed by atoms with Gasteiger partial charge in [-0.05, 0) is 39.5 Å². The van der Waals surface area contributed by atoms with Crippen LogP contribution < -0.4 is 11.1 Å². The molecule has 118 valence electrons. The van der Waals surface area contributed by atoms with E-state index in [9.17, 15) is 4.79 Å². The SMILES string of the molecule is CC(C)CN(CC(C)(NC(C)C)C(N)=O)C1CCCC1. The highest BCUT2D eigenvalue weighted by molar-refractivity contribution is 5.84. The molecule has 0 spiro atoms. The van der Waals surface area contributed by atoms with Crippen molar-refractivity contribution in [1.82, 2.24) is 10.2 Å². The molecule has 1 amide bonds. The van der Waals surface area contributed by atoms with Crippen molar-refractivity contribution >= 4 is 5.91 Å². The average Bonchev–Trinajstić information content (AvgIpc) is 2.79. The van der Waals surface area contributed by atoms with Crippen LogP contribution in [0.4, 0.5) is 0 Å². The van der Waals surface area contributed by atoms with Crippen molar-refractivity contribution in [2.45, 2.75) is 77.9 Å². The van der Waals surface area contributed by atoms with Crippen molar-refractivity contribution in [3.05, 3.63) is 0 Å². The van der Waals surface area contributed by atoms with Crippen molar-refractivity contribution < 1.29 is 4.79 Å². The Morgan fingerprint density at radius 1 is 1.30 bits per heavy atom. The molecule has 20 heavy (non-hydrogen) atoms. The molecule has 0 aromatic heterocycles. The third-order valence-corrected chi connectivity index (χ3v) is 4.11. The van der Waals surface area contributed by atoms with Gasteiger partial charge >= 0.3 is 0 Å². The molecule has 0 aliphatic heterocycles. The molecule has 0 bridgehead atoms. The number of hydrogen-bond acceptors (Lipinski definition) is 3. The van der Waals surface area contributed by atoms with Crippen molar-refractivity contribution in [3.63, 3.8) is 0 Å². The summed E-state index contributed by atoms with van der Waals surface area (Å²) in [6.45, 7) is 12.3. The molecular formula is C16H33N3O. The standard InChI is InChI=1S/C16H33N3O/c1-12(2)10-19(14-8-6-7-9-14)11-16(5,15(17)20)18-13(3)4/h12-14,18H,6-11H2,1-5H3,(H2,17,20). The van der Waals surface area contributed by atoms with Gasteiger partial charge in [0.15, 0.2) is 0 Å². The molecule has 4 nitrogen and oxygen atoms in total. The normalized spacial score (nSPS) is 20.0. The molecule has 1 unspecified atom stereocenters. The summed E-state index contributed by atoms with van der Waals surface area (Å²) in [5, 5.41) is 3.37. The summed E-state index contributed by atoms with van der Waals surface area (Å²) in [5.41, 5.74) is 5.02. The highest BCUT2D eigenvalue weighted by Crippen LogP contribution is 2.25. The highest BCUT2D eigenvalue weighted by Gasteiger charge is 2.36. The number of primary amides is 1. The first-order chi connectivity index (χ1) is 9.24. The van der Waals surface area contributed by atoms with Gasteiger partial charge in [0.25, 0.3) is 0 Å². The lowest BCUT2D eigenvalue weighted by Gasteiger charge is -2.39. The lowest BCUT2D eigenvalue weighted by atomic mass is 9.97. The minimum atomic E-state index is -0.647. The molecule has 0 aromatic carbocycles. The van der Waals surface area contributed by atoms with Gasteiger partial charge < -0.3 is 11.1 Å². The first kappa shape index (κ1) is 17.4. The van der Waals surface area contributed by atoms with Crippen LogP contribution in [0.3, 0.4) is 0 Å². The van der Waals surface area contributed by atoms with Crippen molar-refractivity contribution in [1.29, 1.82) is 0 Å². The monoisotopic (exact) mass is 283 g/mol. The summed E-state index contributed by atoms with van der Waals surface area (Å²) in [6, 6.07) is 0.863. The molecule has 1 aliphatic carbocycles. The third kappa shape index (κ3) is 5.06. The zero-order valence-corrected chi connectivity index (χ0v) is 13.9. The third-order valence-electron chi connectivity index (χ3n) is 4.11. The Bertz CT molecular complexity index is 311. The quantitative estimate of drug-likeness (QED) is 0.717. The number of rotatable bonds is 8. The average molecular weight is 283 g/mol. The van der Waals surface area contributed by atoms with E-state index in [-0.39, 0.29) is 11.9 Å². The van der Waals surface area contributed by atoms with Crippen molar-refractivity contribution in [3.8, 4) is 0 Å². The maximum atomic E-state index is 11.9. The minimum Gasteiger partial charge on any atom is -0.368 e. The molecule has 1 aliphatic rings. The Kier molecular flexibility index (Phi) is 6.46. The van der Waals surface area contributed by atoms with Crippen LogP contribution in [0.2, 0.25) is 0 Å². The summed E-state index contributed by atoms with van der Waals surface area (Å²) in [6.07, 6.45) is 5.13. The number of carbonyl (C=O) groups is 1. The smallest absolute Gasteiger partial charge is 0.238 e. The van der Waals surface area contributed by atoms with E-state index in [4.69, 9.17) is 5.73 Å². The Morgan fingerprint density at radius 3 is 2.25 bits per heavy atom. The highest BCUT2D eigenvalue weighted by atomic mass is 16.1. The van der Waals surface area contributed by atoms with Crippen molar-refractivity contribution in [2.24, 2.45) is 11.7 Å². The largest absolute Gasteiger partial charge is 0.368 e. The summed E-state index contributed by atoms with van der Waals surface area (Å²) in [5.74, 6) is 0.352. The van der Waals surface area contributed by atoms with Crippen LogP contribution in [-0.4, -0.2) is 41.5 Å². The summed E-state index contributed by atoms with van der Waals surface area (Å²) < 4.78 is 0. The second-order valence-corrected chi connectivity index (χ2v) is 7.26. The minimum absolute atomic E-state index is 0.247. The number of carbonyl (C=O) groups excluding carboxylic acids is 1. The molecule has 1 atom stereocenters. The van der Waals surface area contributed by atoms with Gasteiger partial charge in [-0.15, -0.1) is 0 Å². The van der Waals surface area contributed by atoms with Crippen LogP contribution in [0.5, 0.6) is 0 Å². The Hall–Kier alpha value is -0.610. The van der Waals surface area contributed by atoms with Crippen LogP contribution in [0.15, 0.2) is 0 Å². The molecule has 1 fully saturated rings. The molecule has 0 saturated heterocycles. The molecular weight excluding hydrogens is 250 g/mol. The second-order valence-electron chi connectivity index (χ2n) is 7.26. The van der Waals surface area contributed by atoms with E-state index in [1.54, 1.807) is 0 Å². The first-order valence-corrected chi connectivity index (χ1v) is 8.06. The van der Waals surface area contributed by atoms with Gasteiger partial charge in [-0.2, -0.15) is 0 Å². The molecule has 3 N–H and O–H groups in total. The van der Waals surface area contributed by atoms with Gasteiger partial charge in [0.2, 0.25) is 5.91 Å². The predicted molar refractivity (Wildman–Crippen MR) is 84.5 cm³/mol. The van der Waals surface area contributed by atoms with Crippen LogP contribution in [0.1, 0.15) is 60.3 Å². The molecule has 1 rings (SSSR count). The Labute approximate surface area is 124 Å². The van der Waals surface area contributed by atoms with Gasteiger partial charge in [0.1, 0.15) is 5.54 Å². The molecule has 0 aromatic rings. The summed E-state index contributed by atoms with van der Waals surface area (Å²) >= 11 is 0. The first-order valence-electron chi connectivity index (χ1n) is 8.06. The number of nitrogens with one attached hydrogen (secondary N) is 1. The van der Waals surface area contributed by atoms with Gasteiger partial charge in [-0.25, -0.2) is 0 Å². The maximum absolute atomic E-state index is 11.9. The molecule has 1 saturated carbocycles. The fourth-order valence-corrected chi connectivity index (χ4v) is 3.32. The van der Waals surface area contributed by atoms with Gasteiger partial charge in [-0.3, -0.25) is 9.69 Å². The fraction of sp³-hybridized carbons (Fsp3) is 0.938. The van der Waals surface area contributed by atoms with Crippen LogP contribution in [0, 0.1) is 5.92 Å². The summed E-state index contributed by atoms with van der Waals surface area (Å²) in [4.78, 5) is 14.4. The Balaban J connectivity index is 2.80. The number of nitrogens with zero attached hydrogens (tertiary/aromatic N) is 1. The van der Waals surface area contributed by atoms with E-state index in [0.29, 0.717) is 18.5 Å². The van der Waals surface area contributed by atoms with E-state index < -0.39 is 5.54 Å². The zero-order valence-electron chi connectivity index (χ0n) is 13.9. The number of amides is 1. The van der Waals surface area contributed by atoms with Crippen molar-refractivity contribution in [2.75, 3.05) is 13.1 Å². The fourth-order valence-electron chi connectivity index (χ4n) is 3.32. The van der Waals surface area contributed by atoms with Gasteiger partial charge in [0, 0.05) is 25.2 Å². The molecule has 0 heterocycles. The van der Waals surface area contributed by atoms with E-state index in [0.717, 1.165) is 6.54 Å². The van der Waals surface area contributed by atoms with Crippen LogP contribution in [0.25, 0.3) is 0 Å². The van der Waals surface area contributed by atoms with E-state index in [2.05, 4.69) is 37.9 Å². The lowest BCUT2D eigenvalue weighted by molar-refractivity contribution is -0.125. The topological polar surface area (TPSA) is 58.4 Å².